The van der Waals surface area contributed by atoms with E-state index in [1.54, 1.807) is 0 Å². The molecule has 0 aliphatic carbocycles. The largest absolute Gasteiger partial charge is 0.389 e. The molecule has 7 heteroatoms. The van der Waals surface area contributed by atoms with Gasteiger partial charge in [0.05, 0.1) is 24.2 Å². The highest BCUT2D eigenvalue weighted by molar-refractivity contribution is 7.99. The minimum atomic E-state index is -0.665. The van der Waals surface area contributed by atoms with Crippen molar-refractivity contribution in [1.82, 2.24) is 10.5 Å². The maximum absolute atomic E-state index is 11.5. The van der Waals surface area contributed by atoms with Crippen LogP contribution in [0.4, 0.5) is 0 Å². The monoisotopic (exact) mass is 288 g/mol. The maximum Gasteiger partial charge on any atom is 0.230 e. The number of amides is 1. The number of aliphatic hydroxyl groups excluding tert-OH is 1. The Kier molecular flexibility index (Phi) is 6.90. The van der Waals surface area contributed by atoms with Crippen molar-refractivity contribution < 1.29 is 19.2 Å². The molecule has 108 valence electrons. The van der Waals surface area contributed by atoms with Crippen LogP contribution >= 0.6 is 11.8 Å². The molecule has 2 N–H and O–H groups in total. The van der Waals surface area contributed by atoms with Crippen molar-refractivity contribution in [2.24, 2.45) is 0 Å². The van der Waals surface area contributed by atoms with Crippen LogP contribution in [0.2, 0.25) is 0 Å². The Morgan fingerprint density at radius 1 is 1.58 bits per heavy atom. The molecule has 1 aromatic heterocycles. The molecule has 1 atom stereocenters. The molecule has 0 aromatic carbocycles. The number of aromatic nitrogens is 1. The Balaban J connectivity index is 2.21. The molecule has 1 amide bonds. The van der Waals surface area contributed by atoms with E-state index >= 15 is 0 Å². The minimum Gasteiger partial charge on any atom is -0.389 e. The zero-order valence-electron chi connectivity index (χ0n) is 11.4. The molecule has 1 heterocycles. The fraction of sp³-hybridized carbons (Fsp3) is 0.667. The van der Waals surface area contributed by atoms with Crippen LogP contribution in [0, 0.1) is 13.8 Å². The Labute approximate surface area is 116 Å². The summed E-state index contributed by atoms with van der Waals surface area (Å²) in [5.74, 6) is 1.71. The number of methoxy groups -OCH3 is 1. The number of nitrogens with zero attached hydrogens (tertiary/aromatic N) is 1. The first kappa shape index (κ1) is 16.0. The van der Waals surface area contributed by atoms with Crippen molar-refractivity contribution in [3.63, 3.8) is 0 Å². The lowest BCUT2D eigenvalue weighted by Gasteiger charge is -2.10. The van der Waals surface area contributed by atoms with Crippen LogP contribution in [-0.4, -0.2) is 48.3 Å². The molecule has 0 bridgehead atoms. The molecule has 19 heavy (non-hydrogen) atoms. The van der Waals surface area contributed by atoms with Gasteiger partial charge in [-0.15, -0.1) is 11.8 Å². The van der Waals surface area contributed by atoms with Crippen molar-refractivity contribution >= 4 is 17.7 Å². The van der Waals surface area contributed by atoms with E-state index in [-0.39, 0.29) is 19.1 Å². The number of rotatable bonds is 8. The molecule has 0 aliphatic rings. The van der Waals surface area contributed by atoms with E-state index in [0.29, 0.717) is 11.5 Å². The van der Waals surface area contributed by atoms with Crippen LogP contribution in [0.25, 0.3) is 0 Å². The highest BCUT2D eigenvalue weighted by Crippen LogP contribution is 2.19. The predicted octanol–water partition coefficient (Wildman–Crippen LogP) is 0.648. The molecular formula is C12H20N2O4S. The van der Waals surface area contributed by atoms with E-state index in [1.165, 1.54) is 18.9 Å². The molecule has 1 aromatic rings. The third-order valence-electron chi connectivity index (χ3n) is 2.55. The topological polar surface area (TPSA) is 84.6 Å². The molecule has 0 spiro atoms. The standard InChI is InChI=1S/C12H20N2O4S/c1-8-11(9(2)18-14-8)6-19-7-12(16)13-4-10(15)5-17-3/h10,15H,4-7H2,1-3H3,(H,13,16). The maximum atomic E-state index is 11.5. The van der Waals surface area contributed by atoms with Gasteiger partial charge in [0.25, 0.3) is 0 Å². The first-order valence-electron chi connectivity index (χ1n) is 5.97. The summed E-state index contributed by atoms with van der Waals surface area (Å²) in [7, 11) is 1.50. The number of carbonyl (C=O) groups excluding carboxylic acids is 1. The normalized spacial score (nSPS) is 12.4. The van der Waals surface area contributed by atoms with Crippen molar-refractivity contribution in [3.8, 4) is 0 Å². The average Bonchev–Trinajstić information content (AvgIpc) is 2.68. The van der Waals surface area contributed by atoms with Crippen LogP contribution in [0.1, 0.15) is 17.0 Å². The van der Waals surface area contributed by atoms with Gasteiger partial charge in [0, 0.05) is 25.0 Å². The minimum absolute atomic E-state index is 0.105. The molecule has 0 saturated carbocycles. The summed E-state index contributed by atoms with van der Waals surface area (Å²) in [6.07, 6.45) is -0.665. The smallest absolute Gasteiger partial charge is 0.230 e. The number of carbonyl (C=O) groups is 1. The Morgan fingerprint density at radius 3 is 2.89 bits per heavy atom. The van der Waals surface area contributed by atoms with Gasteiger partial charge in [0.15, 0.2) is 0 Å². The summed E-state index contributed by atoms with van der Waals surface area (Å²) in [6, 6.07) is 0. The second-order valence-electron chi connectivity index (χ2n) is 4.21. The number of nitrogens with one attached hydrogen (secondary N) is 1. The molecular weight excluding hydrogens is 268 g/mol. The number of thioether (sulfide) groups is 1. The van der Waals surface area contributed by atoms with E-state index < -0.39 is 6.10 Å². The first-order chi connectivity index (χ1) is 9.04. The molecule has 0 fully saturated rings. The highest BCUT2D eigenvalue weighted by Gasteiger charge is 2.11. The highest BCUT2D eigenvalue weighted by atomic mass is 32.2. The van der Waals surface area contributed by atoms with E-state index in [4.69, 9.17) is 9.26 Å². The van der Waals surface area contributed by atoms with Gasteiger partial charge in [0.1, 0.15) is 5.76 Å². The number of hydrogen-bond acceptors (Lipinski definition) is 6. The third kappa shape index (κ3) is 5.63. The van der Waals surface area contributed by atoms with Gasteiger partial charge in [-0.3, -0.25) is 4.79 Å². The molecule has 1 unspecified atom stereocenters. The van der Waals surface area contributed by atoms with Gasteiger partial charge in [0.2, 0.25) is 5.91 Å². The first-order valence-corrected chi connectivity index (χ1v) is 7.13. The predicted molar refractivity (Wildman–Crippen MR) is 73.0 cm³/mol. The second kappa shape index (κ2) is 8.19. The summed E-state index contributed by atoms with van der Waals surface area (Å²) in [4.78, 5) is 11.5. The van der Waals surface area contributed by atoms with E-state index in [0.717, 1.165) is 17.0 Å². The SMILES string of the molecule is COCC(O)CNC(=O)CSCc1c(C)noc1C. The van der Waals surface area contributed by atoms with Crippen LogP contribution < -0.4 is 5.32 Å². The summed E-state index contributed by atoms with van der Waals surface area (Å²) >= 11 is 1.49. The Bertz CT molecular complexity index is 389. The summed E-state index contributed by atoms with van der Waals surface area (Å²) in [5, 5.41) is 15.9. The van der Waals surface area contributed by atoms with E-state index in [2.05, 4.69) is 10.5 Å². The van der Waals surface area contributed by atoms with Crippen molar-refractivity contribution in [2.75, 3.05) is 26.0 Å². The molecule has 0 radical (unpaired) electrons. The fourth-order valence-electron chi connectivity index (χ4n) is 1.49. The summed E-state index contributed by atoms with van der Waals surface area (Å²) in [6.45, 7) is 4.16. The third-order valence-corrected chi connectivity index (χ3v) is 3.51. The molecule has 6 nitrogen and oxygen atoms in total. The molecule has 0 saturated heterocycles. The van der Waals surface area contributed by atoms with Crippen molar-refractivity contribution in [1.29, 1.82) is 0 Å². The average molecular weight is 288 g/mol. The number of aryl methyl sites for hydroxylation is 2. The quantitative estimate of drug-likeness (QED) is 0.730. The molecule has 0 aliphatic heterocycles. The zero-order valence-corrected chi connectivity index (χ0v) is 12.2. The molecule has 1 rings (SSSR count). The Hall–Kier alpha value is -1.05. The van der Waals surface area contributed by atoms with Crippen LogP contribution in [0.15, 0.2) is 4.52 Å². The van der Waals surface area contributed by atoms with Crippen LogP contribution in [-0.2, 0) is 15.3 Å². The number of aliphatic hydroxyl groups is 1. The second-order valence-corrected chi connectivity index (χ2v) is 5.19. The summed E-state index contributed by atoms with van der Waals surface area (Å²) < 4.78 is 9.82. The van der Waals surface area contributed by atoms with Gasteiger partial charge in [-0.2, -0.15) is 0 Å². The lowest BCUT2D eigenvalue weighted by Crippen LogP contribution is -2.35. The summed E-state index contributed by atoms with van der Waals surface area (Å²) in [5.41, 5.74) is 1.90. The lowest BCUT2D eigenvalue weighted by molar-refractivity contribution is -0.119. The van der Waals surface area contributed by atoms with Gasteiger partial charge < -0.3 is 19.7 Å². The number of hydrogen-bond donors (Lipinski definition) is 2. The van der Waals surface area contributed by atoms with Crippen LogP contribution in [0.3, 0.4) is 0 Å². The van der Waals surface area contributed by atoms with Gasteiger partial charge in [-0.1, -0.05) is 5.16 Å². The van der Waals surface area contributed by atoms with Crippen molar-refractivity contribution in [2.45, 2.75) is 25.7 Å². The van der Waals surface area contributed by atoms with E-state index in [1.807, 2.05) is 13.8 Å². The fourth-order valence-corrected chi connectivity index (χ4v) is 2.49. The van der Waals surface area contributed by atoms with Gasteiger partial charge in [-0.25, -0.2) is 0 Å². The van der Waals surface area contributed by atoms with E-state index in [9.17, 15) is 9.90 Å². The lowest BCUT2D eigenvalue weighted by atomic mass is 10.2. The van der Waals surface area contributed by atoms with Gasteiger partial charge >= 0.3 is 0 Å². The Morgan fingerprint density at radius 2 is 2.32 bits per heavy atom. The van der Waals surface area contributed by atoms with Gasteiger partial charge in [-0.05, 0) is 13.8 Å². The number of ether oxygens (including phenoxy) is 1. The zero-order chi connectivity index (χ0) is 14.3. The van der Waals surface area contributed by atoms with Crippen LogP contribution in [0.5, 0.6) is 0 Å². The van der Waals surface area contributed by atoms with Crippen molar-refractivity contribution in [3.05, 3.63) is 17.0 Å².